The van der Waals surface area contributed by atoms with E-state index >= 15 is 0 Å². The molecule has 5 rings (SSSR count). The highest BCUT2D eigenvalue weighted by Gasteiger charge is 2.38. The van der Waals surface area contributed by atoms with Gasteiger partial charge in [-0.1, -0.05) is 18.2 Å². The highest BCUT2D eigenvalue weighted by molar-refractivity contribution is 7.81. The van der Waals surface area contributed by atoms with Gasteiger partial charge >= 0.3 is 5.97 Å². The number of nitrogens with two attached hydrogens (primary N) is 1. The van der Waals surface area contributed by atoms with Crippen LogP contribution in [0, 0.1) is 11.8 Å². The predicted molar refractivity (Wildman–Crippen MR) is 152 cm³/mol. The van der Waals surface area contributed by atoms with E-state index in [-0.39, 0.29) is 34.9 Å². The van der Waals surface area contributed by atoms with Crippen LogP contribution in [-0.2, 0) is 16.1 Å². The molecule has 2 saturated heterocycles. The van der Waals surface area contributed by atoms with Crippen molar-refractivity contribution in [2.75, 3.05) is 25.0 Å². The normalized spacial score (nSPS) is 18.5. The summed E-state index contributed by atoms with van der Waals surface area (Å²) in [5.41, 5.74) is 10.3. The second kappa shape index (κ2) is 12.0. The summed E-state index contributed by atoms with van der Waals surface area (Å²) in [7, 11) is 0. The monoisotopic (exact) mass is 544 g/mol. The number of cyclic esters (lactones) is 1. The average molecular weight is 545 g/mol. The summed E-state index contributed by atoms with van der Waals surface area (Å²) in [6.45, 7) is 2.00. The predicted octanol–water partition coefficient (Wildman–Crippen LogP) is 4.17. The van der Waals surface area contributed by atoms with E-state index in [1.54, 1.807) is 30.6 Å². The Kier molecular flexibility index (Phi) is 8.28. The maximum atomic E-state index is 13.4. The molecule has 2 unspecified atom stereocenters. The quantitative estimate of drug-likeness (QED) is 0.304. The van der Waals surface area contributed by atoms with Gasteiger partial charge in [0, 0.05) is 54.1 Å². The standard InChI is InChI=1S/C30H32N4O4S/c31-18-23-5-4-21(28(35)33-24-6-11-32-12-7-24)17-26(23)20-2-1-3-22(16-20)29(36)34-13-8-19(9-14-34)27(39)25-10-15-38-30(25)37/h1-7,11-12,16-17,19,25,27,39H,8-10,13-15,18,31H2,(H,32,33,35). The molecule has 2 aliphatic heterocycles. The maximum Gasteiger partial charge on any atom is 0.310 e. The Labute approximate surface area is 233 Å². The van der Waals surface area contributed by atoms with Crippen molar-refractivity contribution in [3.05, 3.63) is 83.7 Å². The van der Waals surface area contributed by atoms with Crippen LogP contribution < -0.4 is 11.1 Å². The molecule has 8 nitrogen and oxygen atoms in total. The smallest absolute Gasteiger partial charge is 0.310 e. The number of rotatable bonds is 7. The number of nitrogens with one attached hydrogen (secondary N) is 1. The summed E-state index contributed by atoms with van der Waals surface area (Å²) >= 11 is 4.76. The van der Waals surface area contributed by atoms with Crippen LogP contribution in [0.25, 0.3) is 11.1 Å². The number of aromatic nitrogens is 1. The first-order valence-electron chi connectivity index (χ1n) is 13.2. The van der Waals surface area contributed by atoms with Gasteiger partial charge in [-0.05, 0) is 78.3 Å². The molecule has 3 N–H and O–H groups in total. The molecule has 202 valence electrons. The van der Waals surface area contributed by atoms with Crippen LogP contribution >= 0.6 is 12.6 Å². The molecule has 0 aliphatic carbocycles. The number of amides is 2. The van der Waals surface area contributed by atoms with E-state index in [1.165, 1.54) is 0 Å². The van der Waals surface area contributed by atoms with Gasteiger partial charge < -0.3 is 20.7 Å². The van der Waals surface area contributed by atoms with E-state index in [1.807, 2.05) is 41.3 Å². The van der Waals surface area contributed by atoms with Crippen molar-refractivity contribution in [3.8, 4) is 11.1 Å². The second-order valence-corrected chi connectivity index (χ2v) is 10.6. The molecule has 2 aliphatic rings. The van der Waals surface area contributed by atoms with Crippen LogP contribution in [0.5, 0.6) is 0 Å². The minimum absolute atomic E-state index is 0.0350. The molecule has 2 atom stereocenters. The summed E-state index contributed by atoms with van der Waals surface area (Å²) in [5.74, 6) is -0.313. The number of carbonyl (C=O) groups is 3. The van der Waals surface area contributed by atoms with Gasteiger partial charge in [-0.25, -0.2) is 0 Å². The third-order valence-corrected chi connectivity index (χ3v) is 8.43. The van der Waals surface area contributed by atoms with Gasteiger partial charge in [-0.15, -0.1) is 0 Å². The van der Waals surface area contributed by atoms with Crippen molar-refractivity contribution in [2.24, 2.45) is 17.6 Å². The van der Waals surface area contributed by atoms with Crippen molar-refractivity contribution < 1.29 is 19.1 Å². The lowest BCUT2D eigenvalue weighted by Crippen LogP contribution is -2.42. The number of carbonyl (C=O) groups excluding carboxylic acids is 3. The molecule has 2 aromatic carbocycles. The lowest BCUT2D eigenvalue weighted by molar-refractivity contribution is -0.141. The third-order valence-electron chi connectivity index (χ3n) is 7.65. The topological polar surface area (TPSA) is 115 Å². The largest absolute Gasteiger partial charge is 0.465 e. The summed E-state index contributed by atoms with van der Waals surface area (Å²) in [6, 6.07) is 16.3. The number of hydrogen-bond acceptors (Lipinski definition) is 7. The Morgan fingerprint density at radius 1 is 1.05 bits per heavy atom. The first-order valence-corrected chi connectivity index (χ1v) is 13.7. The molecule has 2 amide bonds. The van der Waals surface area contributed by atoms with E-state index < -0.39 is 0 Å². The van der Waals surface area contributed by atoms with Gasteiger partial charge in [0.2, 0.25) is 0 Å². The van der Waals surface area contributed by atoms with Crippen LogP contribution in [0.2, 0.25) is 0 Å². The zero-order valence-corrected chi connectivity index (χ0v) is 22.5. The Hall–Kier alpha value is -3.69. The van der Waals surface area contributed by atoms with Gasteiger partial charge in [0.05, 0.1) is 12.5 Å². The average Bonchev–Trinajstić information content (AvgIpc) is 3.42. The van der Waals surface area contributed by atoms with Crippen LogP contribution in [-0.4, -0.2) is 52.6 Å². The fourth-order valence-corrected chi connectivity index (χ4v) is 5.97. The summed E-state index contributed by atoms with van der Waals surface area (Å²) in [5, 5.41) is 2.83. The highest BCUT2D eigenvalue weighted by Crippen LogP contribution is 2.34. The lowest BCUT2D eigenvalue weighted by atomic mass is 9.85. The molecule has 3 aromatic rings. The number of anilines is 1. The number of benzene rings is 2. The van der Waals surface area contributed by atoms with Gasteiger partial charge in [-0.3, -0.25) is 19.4 Å². The van der Waals surface area contributed by atoms with Crippen molar-refractivity contribution >= 4 is 36.1 Å². The number of pyridine rings is 1. The van der Waals surface area contributed by atoms with Gasteiger partial charge in [-0.2, -0.15) is 12.6 Å². The molecule has 0 radical (unpaired) electrons. The first kappa shape index (κ1) is 26.9. The second-order valence-electron chi connectivity index (χ2n) is 10.0. The number of thiol groups is 1. The van der Waals surface area contributed by atoms with Crippen LogP contribution in [0.3, 0.4) is 0 Å². The van der Waals surface area contributed by atoms with Crippen molar-refractivity contribution in [2.45, 2.75) is 31.1 Å². The summed E-state index contributed by atoms with van der Waals surface area (Å²) in [6.07, 6.45) is 5.55. The number of ether oxygens (including phenoxy) is 1. The number of piperidine rings is 1. The summed E-state index contributed by atoms with van der Waals surface area (Å²) in [4.78, 5) is 44.2. The van der Waals surface area contributed by atoms with E-state index in [0.29, 0.717) is 43.1 Å². The molecule has 9 heteroatoms. The van der Waals surface area contributed by atoms with E-state index in [0.717, 1.165) is 36.0 Å². The van der Waals surface area contributed by atoms with Gasteiger partial charge in [0.15, 0.2) is 0 Å². The Morgan fingerprint density at radius 2 is 1.82 bits per heavy atom. The van der Waals surface area contributed by atoms with E-state index in [4.69, 9.17) is 23.1 Å². The van der Waals surface area contributed by atoms with E-state index in [9.17, 15) is 14.4 Å². The number of esters is 1. The van der Waals surface area contributed by atoms with Crippen LogP contribution in [0.4, 0.5) is 5.69 Å². The minimum atomic E-state index is -0.241. The molecule has 1 aromatic heterocycles. The van der Waals surface area contributed by atoms with Gasteiger partial charge in [0.25, 0.3) is 11.8 Å². The highest BCUT2D eigenvalue weighted by atomic mass is 32.1. The molecule has 0 spiro atoms. The molecule has 3 heterocycles. The lowest BCUT2D eigenvalue weighted by Gasteiger charge is -2.35. The number of hydrogen-bond donors (Lipinski definition) is 3. The molecule has 0 bridgehead atoms. The Balaban J connectivity index is 1.30. The Bertz CT molecular complexity index is 1360. The zero-order valence-electron chi connectivity index (χ0n) is 21.6. The summed E-state index contributed by atoms with van der Waals surface area (Å²) < 4.78 is 5.12. The van der Waals surface area contributed by atoms with Crippen LogP contribution in [0.15, 0.2) is 67.0 Å². The molecule has 2 fully saturated rings. The van der Waals surface area contributed by atoms with E-state index in [2.05, 4.69) is 10.3 Å². The van der Waals surface area contributed by atoms with Crippen molar-refractivity contribution in [3.63, 3.8) is 0 Å². The van der Waals surface area contributed by atoms with Crippen LogP contribution in [0.1, 0.15) is 45.5 Å². The molecule has 39 heavy (non-hydrogen) atoms. The number of likely N-dealkylation sites (tertiary alicyclic amines) is 1. The third kappa shape index (κ3) is 5.99. The van der Waals surface area contributed by atoms with Gasteiger partial charge in [0.1, 0.15) is 0 Å². The fraction of sp³-hybridized carbons (Fsp3) is 0.333. The molecule has 0 saturated carbocycles. The fourth-order valence-electron chi connectivity index (χ4n) is 5.40. The van der Waals surface area contributed by atoms with Crippen molar-refractivity contribution in [1.82, 2.24) is 9.88 Å². The Morgan fingerprint density at radius 3 is 2.51 bits per heavy atom. The first-order chi connectivity index (χ1) is 18.9. The zero-order chi connectivity index (χ0) is 27.4. The molecular weight excluding hydrogens is 512 g/mol. The maximum absolute atomic E-state index is 13.4. The minimum Gasteiger partial charge on any atom is -0.465 e. The van der Waals surface area contributed by atoms with Crippen molar-refractivity contribution in [1.29, 1.82) is 0 Å². The molecular formula is C30H32N4O4S. The SMILES string of the molecule is NCc1ccc(C(=O)Nc2ccncc2)cc1-c1cccc(C(=O)N2CCC(C(S)C3CCOC3=O)CC2)c1. The number of nitrogens with zero attached hydrogens (tertiary/aromatic N) is 2.